The molecule has 0 aromatic carbocycles. The summed E-state index contributed by atoms with van der Waals surface area (Å²) in [7, 11) is 1.82. The van der Waals surface area contributed by atoms with E-state index in [1.807, 2.05) is 7.11 Å². The van der Waals surface area contributed by atoms with Gasteiger partial charge in [0.15, 0.2) is 0 Å². The predicted molar refractivity (Wildman–Crippen MR) is 74.2 cm³/mol. The SMILES string of the molecule is CCCCCCCCCC(N)C1(OC)CCC1. The van der Waals surface area contributed by atoms with Crippen LogP contribution in [-0.4, -0.2) is 18.8 Å². The summed E-state index contributed by atoms with van der Waals surface area (Å²) in [4.78, 5) is 0. The summed E-state index contributed by atoms with van der Waals surface area (Å²) in [6.07, 6.45) is 14.3. The lowest BCUT2D eigenvalue weighted by Crippen LogP contribution is -2.54. The maximum absolute atomic E-state index is 6.26. The summed E-state index contributed by atoms with van der Waals surface area (Å²) in [5.41, 5.74) is 6.31. The number of unbranched alkanes of at least 4 members (excludes halogenated alkanes) is 6. The van der Waals surface area contributed by atoms with Gasteiger partial charge in [-0.15, -0.1) is 0 Å². The van der Waals surface area contributed by atoms with Crippen LogP contribution < -0.4 is 5.73 Å². The Balaban J connectivity index is 1.98. The molecule has 17 heavy (non-hydrogen) atoms. The molecule has 102 valence electrons. The first-order valence-corrected chi connectivity index (χ1v) is 7.56. The summed E-state index contributed by atoms with van der Waals surface area (Å²) >= 11 is 0. The number of nitrogens with two attached hydrogens (primary N) is 1. The number of ether oxygens (including phenoxy) is 1. The lowest BCUT2D eigenvalue weighted by Gasteiger charge is -2.45. The van der Waals surface area contributed by atoms with Crippen molar-refractivity contribution in [2.45, 2.75) is 89.2 Å². The molecule has 0 radical (unpaired) electrons. The zero-order valence-corrected chi connectivity index (χ0v) is 11.8. The third kappa shape index (κ3) is 4.59. The van der Waals surface area contributed by atoms with Crippen LogP contribution in [0.4, 0.5) is 0 Å². The van der Waals surface area contributed by atoms with Gasteiger partial charge in [-0.05, 0) is 25.7 Å². The van der Waals surface area contributed by atoms with Gasteiger partial charge in [0.05, 0.1) is 5.60 Å². The Kier molecular flexibility index (Phi) is 7.14. The van der Waals surface area contributed by atoms with Gasteiger partial charge >= 0.3 is 0 Å². The average molecular weight is 241 g/mol. The molecule has 0 amide bonds. The minimum Gasteiger partial charge on any atom is -0.377 e. The monoisotopic (exact) mass is 241 g/mol. The number of methoxy groups -OCH3 is 1. The fraction of sp³-hybridized carbons (Fsp3) is 1.00. The average Bonchev–Trinajstić information content (AvgIpc) is 2.27. The van der Waals surface area contributed by atoms with E-state index in [1.54, 1.807) is 0 Å². The smallest absolute Gasteiger partial charge is 0.0828 e. The van der Waals surface area contributed by atoms with Crippen molar-refractivity contribution in [2.24, 2.45) is 5.73 Å². The van der Waals surface area contributed by atoms with Crippen LogP contribution in [0.25, 0.3) is 0 Å². The molecule has 1 unspecified atom stereocenters. The van der Waals surface area contributed by atoms with Gasteiger partial charge in [0.2, 0.25) is 0 Å². The molecule has 0 heterocycles. The van der Waals surface area contributed by atoms with Crippen LogP contribution in [0.3, 0.4) is 0 Å². The Labute approximate surface area is 107 Å². The topological polar surface area (TPSA) is 35.2 Å². The molecule has 0 saturated heterocycles. The molecule has 0 aliphatic heterocycles. The van der Waals surface area contributed by atoms with Gasteiger partial charge in [-0.25, -0.2) is 0 Å². The van der Waals surface area contributed by atoms with E-state index in [4.69, 9.17) is 10.5 Å². The lowest BCUT2D eigenvalue weighted by atomic mass is 9.73. The van der Waals surface area contributed by atoms with Crippen LogP contribution >= 0.6 is 0 Å². The molecule has 1 atom stereocenters. The zero-order chi connectivity index (χ0) is 12.6. The van der Waals surface area contributed by atoms with Crippen LogP contribution in [0.15, 0.2) is 0 Å². The molecule has 0 aromatic heterocycles. The van der Waals surface area contributed by atoms with Crippen molar-refractivity contribution in [3.63, 3.8) is 0 Å². The molecule has 2 N–H and O–H groups in total. The maximum Gasteiger partial charge on any atom is 0.0828 e. The second-order valence-electron chi connectivity index (χ2n) is 5.64. The fourth-order valence-corrected chi connectivity index (χ4v) is 2.84. The van der Waals surface area contributed by atoms with Crippen molar-refractivity contribution in [1.29, 1.82) is 0 Å². The van der Waals surface area contributed by atoms with Crippen LogP contribution in [0.5, 0.6) is 0 Å². The van der Waals surface area contributed by atoms with Crippen LogP contribution in [-0.2, 0) is 4.74 Å². The van der Waals surface area contributed by atoms with Crippen molar-refractivity contribution in [1.82, 2.24) is 0 Å². The summed E-state index contributed by atoms with van der Waals surface area (Å²) in [6, 6.07) is 0.261. The second kappa shape index (κ2) is 8.10. The highest BCUT2D eigenvalue weighted by molar-refractivity contribution is 4.97. The molecule has 1 aliphatic carbocycles. The molecule has 0 spiro atoms. The zero-order valence-electron chi connectivity index (χ0n) is 11.8. The van der Waals surface area contributed by atoms with Crippen molar-refractivity contribution < 1.29 is 4.74 Å². The van der Waals surface area contributed by atoms with E-state index in [0.29, 0.717) is 0 Å². The molecule has 0 aromatic rings. The Morgan fingerprint density at radius 3 is 2.12 bits per heavy atom. The predicted octanol–water partition coefficient (Wildman–Crippen LogP) is 4.02. The first-order chi connectivity index (χ1) is 8.25. The molecule has 1 saturated carbocycles. The van der Waals surface area contributed by atoms with Gasteiger partial charge in [-0.1, -0.05) is 51.9 Å². The molecule has 1 aliphatic rings. The van der Waals surface area contributed by atoms with Crippen molar-refractivity contribution in [3.05, 3.63) is 0 Å². The van der Waals surface area contributed by atoms with Crippen LogP contribution in [0, 0.1) is 0 Å². The number of hydrogen-bond donors (Lipinski definition) is 1. The largest absolute Gasteiger partial charge is 0.377 e. The summed E-state index contributed by atoms with van der Waals surface area (Å²) < 4.78 is 5.62. The van der Waals surface area contributed by atoms with E-state index in [0.717, 1.165) is 6.42 Å². The highest BCUT2D eigenvalue weighted by atomic mass is 16.5. The number of rotatable bonds is 10. The van der Waals surface area contributed by atoms with Crippen LogP contribution in [0.1, 0.15) is 77.6 Å². The van der Waals surface area contributed by atoms with E-state index >= 15 is 0 Å². The molecular formula is C15H31NO. The molecule has 0 bridgehead atoms. The summed E-state index contributed by atoms with van der Waals surface area (Å²) in [5.74, 6) is 0. The fourth-order valence-electron chi connectivity index (χ4n) is 2.84. The van der Waals surface area contributed by atoms with E-state index in [9.17, 15) is 0 Å². The molecule has 1 rings (SSSR count). The molecule has 2 heteroatoms. The Morgan fingerprint density at radius 1 is 1.06 bits per heavy atom. The maximum atomic E-state index is 6.26. The van der Waals surface area contributed by atoms with E-state index in [2.05, 4.69) is 6.92 Å². The van der Waals surface area contributed by atoms with Crippen LogP contribution in [0.2, 0.25) is 0 Å². The normalized spacial score (nSPS) is 19.9. The van der Waals surface area contributed by atoms with E-state index in [-0.39, 0.29) is 11.6 Å². The molecule has 2 nitrogen and oxygen atoms in total. The third-order valence-corrected chi connectivity index (χ3v) is 4.40. The minimum atomic E-state index is 0.0439. The van der Waals surface area contributed by atoms with Crippen molar-refractivity contribution in [3.8, 4) is 0 Å². The lowest BCUT2D eigenvalue weighted by molar-refractivity contribution is -0.0917. The van der Waals surface area contributed by atoms with Gasteiger partial charge in [0.1, 0.15) is 0 Å². The van der Waals surface area contributed by atoms with Gasteiger partial charge < -0.3 is 10.5 Å². The Morgan fingerprint density at radius 2 is 1.65 bits per heavy atom. The van der Waals surface area contributed by atoms with Gasteiger partial charge in [-0.2, -0.15) is 0 Å². The second-order valence-corrected chi connectivity index (χ2v) is 5.64. The standard InChI is InChI=1S/C15H31NO/c1-3-4-5-6-7-8-9-11-14(16)15(17-2)12-10-13-15/h14H,3-13,16H2,1-2H3. The Hall–Kier alpha value is -0.0800. The summed E-state index contributed by atoms with van der Waals surface area (Å²) in [5, 5.41) is 0. The van der Waals surface area contributed by atoms with E-state index < -0.39 is 0 Å². The summed E-state index contributed by atoms with van der Waals surface area (Å²) in [6.45, 7) is 2.27. The van der Waals surface area contributed by atoms with E-state index in [1.165, 1.54) is 64.2 Å². The highest BCUT2D eigenvalue weighted by Crippen LogP contribution is 2.38. The minimum absolute atomic E-state index is 0.0439. The molecule has 1 fully saturated rings. The quantitative estimate of drug-likeness (QED) is 0.586. The first kappa shape index (κ1) is 15.0. The van der Waals surface area contributed by atoms with Crippen molar-refractivity contribution >= 4 is 0 Å². The first-order valence-electron chi connectivity index (χ1n) is 7.56. The van der Waals surface area contributed by atoms with Crippen molar-refractivity contribution in [2.75, 3.05) is 7.11 Å². The van der Waals surface area contributed by atoms with Gasteiger partial charge in [0.25, 0.3) is 0 Å². The number of hydrogen-bond acceptors (Lipinski definition) is 2. The van der Waals surface area contributed by atoms with Gasteiger partial charge in [0, 0.05) is 13.2 Å². The van der Waals surface area contributed by atoms with Gasteiger partial charge in [-0.3, -0.25) is 0 Å². The Bertz CT molecular complexity index is 184. The third-order valence-electron chi connectivity index (χ3n) is 4.40. The molecular weight excluding hydrogens is 210 g/mol. The highest BCUT2D eigenvalue weighted by Gasteiger charge is 2.42.